The Balaban J connectivity index is 2.66. The highest BCUT2D eigenvalue weighted by atomic mass is 15.4. The minimum Gasteiger partial charge on any atom is -0.326 e. The standard InChI is InChI=1S/C4H6N4/c5-1-3-2-7-8-4(3)6/h2,4,7-8H,6H2. The second-order valence-corrected chi connectivity index (χ2v) is 1.48. The predicted molar refractivity (Wildman–Crippen MR) is 27.9 cm³/mol. The monoisotopic (exact) mass is 110 g/mol. The number of hydrazine groups is 1. The van der Waals surface area contributed by atoms with Crippen molar-refractivity contribution in [2.75, 3.05) is 0 Å². The Morgan fingerprint density at radius 1 is 1.88 bits per heavy atom. The molecule has 0 aromatic heterocycles. The topological polar surface area (TPSA) is 73.9 Å². The van der Waals surface area contributed by atoms with E-state index in [-0.39, 0.29) is 6.17 Å². The van der Waals surface area contributed by atoms with Crippen molar-refractivity contribution >= 4 is 0 Å². The average Bonchev–Trinajstić information content (AvgIpc) is 2.14. The van der Waals surface area contributed by atoms with Gasteiger partial charge in [0.05, 0.1) is 11.6 Å². The summed E-state index contributed by atoms with van der Waals surface area (Å²) in [6, 6.07) is 1.92. The first kappa shape index (κ1) is 5.09. The van der Waals surface area contributed by atoms with Crippen LogP contribution in [0.4, 0.5) is 0 Å². The molecule has 8 heavy (non-hydrogen) atoms. The Bertz CT molecular complexity index is 154. The molecular formula is C4H6N4. The first-order valence-corrected chi connectivity index (χ1v) is 2.21. The van der Waals surface area contributed by atoms with Crippen LogP contribution in [0.3, 0.4) is 0 Å². The van der Waals surface area contributed by atoms with Gasteiger partial charge in [0.15, 0.2) is 0 Å². The van der Waals surface area contributed by atoms with Crippen molar-refractivity contribution in [1.82, 2.24) is 10.9 Å². The summed E-state index contributed by atoms with van der Waals surface area (Å²) in [5.74, 6) is 0. The van der Waals surface area contributed by atoms with Crippen molar-refractivity contribution < 1.29 is 0 Å². The van der Waals surface area contributed by atoms with E-state index in [1.807, 2.05) is 6.07 Å². The maximum absolute atomic E-state index is 8.26. The van der Waals surface area contributed by atoms with E-state index in [4.69, 9.17) is 11.0 Å². The van der Waals surface area contributed by atoms with Crippen molar-refractivity contribution in [3.05, 3.63) is 11.8 Å². The maximum atomic E-state index is 8.26. The molecule has 0 bridgehead atoms. The molecule has 1 rings (SSSR count). The highest BCUT2D eigenvalue weighted by Crippen LogP contribution is 1.95. The van der Waals surface area contributed by atoms with Crippen LogP contribution >= 0.6 is 0 Å². The molecule has 0 aromatic carbocycles. The van der Waals surface area contributed by atoms with Crippen molar-refractivity contribution in [2.24, 2.45) is 5.73 Å². The third-order valence-electron chi connectivity index (χ3n) is 0.931. The SMILES string of the molecule is N#CC1=CNNC1N. The second kappa shape index (κ2) is 1.82. The molecule has 1 aliphatic rings. The molecule has 1 atom stereocenters. The van der Waals surface area contributed by atoms with Crippen LogP contribution in [-0.2, 0) is 0 Å². The zero-order valence-corrected chi connectivity index (χ0v) is 4.18. The van der Waals surface area contributed by atoms with E-state index >= 15 is 0 Å². The molecule has 42 valence electrons. The van der Waals surface area contributed by atoms with Gasteiger partial charge in [0.25, 0.3) is 0 Å². The zero-order valence-electron chi connectivity index (χ0n) is 4.18. The summed E-state index contributed by atoms with van der Waals surface area (Å²) in [5.41, 5.74) is 11.1. The molecule has 0 amide bonds. The van der Waals surface area contributed by atoms with Gasteiger partial charge >= 0.3 is 0 Å². The summed E-state index contributed by atoms with van der Waals surface area (Å²) < 4.78 is 0. The molecule has 0 saturated heterocycles. The number of rotatable bonds is 0. The summed E-state index contributed by atoms with van der Waals surface area (Å²) in [5, 5.41) is 8.26. The lowest BCUT2D eigenvalue weighted by Crippen LogP contribution is -2.38. The van der Waals surface area contributed by atoms with Gasteiger partial charge in [0.2, 0.25) is 0 Å². The minimum atomic E-state index is -0.333. The van der Waals surface area contributed by atoms with Gasteiger partial charge in [-0.2, -0.15) is 5.26 Å². The molecule has 0 fully saturated rings. The van der Waals surface area contributed by atoms with Gasteiger partial charge in [0.1, 0.15) is 6.17 Å². The lowest BCUT2D eigenvalue weighted by molar-refractivity contribution is 0.595. The van der Waals surface area contributed by atoms with Crippen LogP contribution in [0, 0.1) is 11.3 Å². The Morgan fingerprint density at radius 3 is 2.88 bits per heavy atom. The third-order valence-corrected chi connectivity index (χ3v) is 0.931. The summed E-state index contributed by atoms with van der Waals surface area (Å²) in [6.45, 7) is 0. The van der Waals surface area contributed by atoms with Gasteiger partial charge in [-0.3, -0.25) is 0 Å². The molecule has 0 saturated carbocycles. The van der Waals surface area contributed by atoms with E-state index in [0.29, 0.717) is 5.57 Å². The fourth-order valence-corrected chi connectivity index (χ4v) is 0.479. The summed E-state index contributed by atoms with van der Waals surface area (Å²) in [7, 11) is 0. The number of nitriles is 1. The maximum Gasteiger partial charge on any atom is 0.110 e. The first-order valence-electron chi connectivity index (χ1n) is 2.21. The Morgan fingerprint density at radius 2 is 2.62 bits per heavy atom. The fourth-order valence-electron chi connectivity index (χ4n) is 0.479. The molecule has 4 heteroatoms. The van der Waals surface area contributed by atoms with Gasteiger partial charge in [-0.05, 0) is 0 Å². The van der Waals surface area contributed by atoms with Gasteiger partial charge < -0.3 is 11.2 Å². The predicted octanol–water partition coefficient (Wildman–Crippen LogP) is -1.21. The molecule has 0 aliphatic carbocycles. The van der Waals surface area contributed by atoms with Crippen molar-refractivity contribution in [1.29, 1.82) is 5.26 Å². The van der Waals surface area contributed by atoms with Crippen molar-refractivity contribution in [3.8, 4) is 6.07 Å². The summed E-state index contributed by atoms with van der Waals surface area (Å²) >= 11 is 0. The molecule has 0 aromatic rings. The Labute approximate surface area is 46.9 Å². The number of hydrogen-bond donors (Lipinski definition) is 3. The van der Waals surface area contributed by atoms with Crippen LogP contribution in [0.2, 0.25) is 0 Å². The number of nitrogens with two attached hydrogens (primary N) is 1. The summed E-state index contributed by atoms with van der Waals surface area (Å²) in [6.07, 6.45) is 1.21. The van der Waals surface area contributed by atoms with E-state index < -0.39 is 0 Å². The average molecular weight is 110 g/mol. The van der Waals surface area contributed by atoms with E-state index in [0.717, 1.165) is 0 Å². The minimum absolute atomic E-state index is 0.333. The van der Waals surface area contributed by atoms with Crippen molar-refractivity contribution in [3.63, 3.8) is 0 Å². The molecule has 4 N–H and O–H groups in total. The summed E-state index contributed by atoms with van der Waals surface area (Å²) in [4.78, 5) is 0. The van der Waals surface area contributed by atoms with E-state index in [1.54, 1.807) is 6.20 Å². The van der Waals surface area contributed by atoms with E-state index in [9.17, 15) is 0 Å². The molecular weight excluding hydrogens is 104 g/mol. The first-order chi connectivity index (χ1) is 3.84. The molecule has 1 unspecified atom stereocenters. The van der Waals surface area contributed by atoms with Gasteiger partial charge in [-0.1, -0.05) is 0 Å². The van der Waals surface area contributed by atoms with E-state index in [1.165, 1.54) is 0 Å². The third kappa shape index (κ3) is 0.644. The number of nitrogens with zero attached hydrogens (tertiary/aromatic N) is 1. The fraction of sp³-hybridized carbons (Fsp3) is 0.250. The van der Waals surface area contributed by atoms with Crippen LogP contribution in [0.25, 0.3) is 0 Å². The van der Waals surface area contributed by atoms with E-state index in [2.05, 4.69) is 10.9 Å². The molecule has 4 nitrogen and oxygen atoms in total. The highest BCUT2D eigenvalue weighted by Gasteiger charge is 2.11. The lowest BCUT2D eigenvalue weighted by atomic mass is 10.3. The number of hydrogen-bond acceptors (Lipinski definition) is 4. The molecule has 0 spiro atoms. The van der Waals surface area contributed by atoms with Crippen LogP contribution < -0.4 is 16.6 Å². The van der Waals surface area contributed by atoms with Crippen LogP contribution in [0.5, 0.6) is 0 Å². The largest absolute Gasteiger partial charge is 0.326 e. The molecule has 0 radical (unpaired) electrons. The smallest absolute Gasteiger partial charge is 0.110 e. The van der Waals surface area contributed by atoms with Gasteiger partial charge in [0, 0.05) is 6.20 Å². The zero-order chi connectivity index (χ0) is 5.98. The lowest BCUT2D eigenvalue weighted by Gasteiger charge is -1.99. The number of nitrogens with one attached hydrogen (secondary N) is 2. The van der Waals surface area contributed by atoms with Crippen LogP contribution in [0.1, 0.15) is 0 Å². The van der Waals surface area contributed by atoms with Gasteiger partial charge in [-0.25, -0.2) is 5.43 Å². The Hall–Kier alpha value is -1.05. The second-order valence-electron chi connectivity index (χ2n) is 1.48. The van der Waals surface area contributed by atoms with Crippen LogP contribution in [-0.4, -0.2) is 6.17 Å². The molecule has 1 aliphatic heterocycles. The molecule has 1 heterocycles. The normalized spacial score (nSPS) is 26.0. The highest BCUT2D eigenvalue weighted by molar-refractivity contribution is 5.27. The van der Waals surface area contributed by atoms with Crippen LogP contribution in [0.15, 0.2) is 11.8 Å². The van der Waals surface area contributed by atoms with Crippen molar-refractivity contribution in [2.45, 2.75) is 6.17 Å². The Kier molecular flexibility index (Phi) is 1.16. The quantitative estimate of drug-likeness (QED) is 0.365. The van der Waals surface area contributed by atoms with Gasteiger partial charge in [-0.15, -0.1) is 0 Å².